The van der Waals surface area contributed by atoms with Crippen LogP contribution in [0.5, 0.6) is 0 Å². The summed E-state index contributed by atoms with van der Waals surface area (Å²) in [4.78, 5) is 18.3. The number of carbonyl (C=O) groups excluding carboxylic acids is 1. The summed E-state index contributed by atoms with van der Waals surface area (Å²) in [5, 5.41) is 6.53. The molecule has 162 valence electrons. The van der Waals surface area contributed by atoms with Crippen LogP contribution in [0.4, 0.5) is 5.69 Å². The van der Waals surface area contributed by atoms with Gasteiger partial charge in [0.1, 0.15) is 0 Å². The predicted molar refractivity (Wildman–Crippen MR) is 117 cm³/mol. The van der Waals surface area contributed by atoms with Crippen molar-refractivity contribution >= 4 is 17.6 Å². The standard InChI is InChI=1S/C22H36N4O3/c1-3-5-14-28-16-17-29-15-12-24-22(23-4-2)25-18-19-8-10-20(11-9-19)26-13-6-7-21(26)27/h8-11H,3-7,12-18H2,1-2H3,(H2,23,24,25). The minimum absolute atomic E-state index is 0.212. The Morgan fingerprint density at radius 2 is 1.83 bits per heavy atom. The summed E-state index contributed by atoms with van der Waals surface area (Å²) < 4.78 is 11.0. The number of hydrogen-bond acceptors (Lipinski definition) is 4. The summed E-state index contributed by atoms with van der Waals surface area (Å²) in [6.45, 7) is 9.77. The SMILES string of the molecule is CCCCOCCOCCNC(=NCc1ccc(N2CCCC2=O)cc1)NCC. The largest absolute Gasteiger partial charge is 0.379 e. The second kappa shape index (κ2) is 14.0. The van der Waals surface area contributed by atoms with Crippen LogP contribution in [0.25, 0.3) is 0 Å². The molecule has 1 amide bonds. The van der Waals surface area contributed by atoms with E-state index >= 15 is 0 Å². The van der Waals surface area contributed by atoms with Crippen LogP contribution in [0, 0.1) is 0 Å². The molecule has 2 N–H and O–H groups in total. The molecule has 1 fully saturated rings. The molecule has 29 heavy (non-hydrogen) atoms. The lowest BCUT2D eigenvalue weighted by Gasteiger charge is -2.16. The Bertz CT molecular complexity index is 619. The van der Waals surface area contributed by atoms with Gasteiger partial charge in [0.25, 0.3) is 0 Å². The highest BCUT2D eigenvalue weighted by atomic mass is 16.5. The van der Waals surface area contributed by atoms with Crippen LogP contribution in [0.1, 0.15) is 45.1 Å². The molecule has 0 aliphatic carbocycles. The Morgan fingerprint density at radius 3 is 2.48 bits per heavy atom. The summed E-state index contributed by atoms with van der Waals surface area (Å²) in [5.41, 5.74) is 2.08. The van der Waals surface area contributed by atoms with Gasteiger partial charge in [-0.2, -0.15) is 0 Å². The molecule has 0 saturated carbocycles. The lowest BCUT2D eigenvalue weighted by atomic mass is 10.2. The predicted octanol–water partition coefficient (Wildman–Crippen LogP) is 2.70. The van der Waals surface area contributed by atoms with Crippen molar-refractivity contribution in [2.75, 3.05) is 51.0 Å². The highest BCUT2D eigenvalue weighted by Gasteiger charge is 2.21. The quantitative estimate of drug-likeness (QED) is 0.300. The maximum atomic E-state index is 11.8. The van der Waals surface area contributed by atoms with Gasteiger partial charge in [-0.05, 0) is 37.5 Å². The second-order valence-corrected chi connectivity index (χ2v) is 7.02. The van der Waals surface area contributed by atoms with Crippen molar-refractivity contribution in [3.05, 3.63) is 29.8 Å². The van der Waals surface area contributed by atoms with Crippen LogP contribution >= 0.6 is 0 Å². The topological polar surface area (TPSA) is 75.2 Å². The average molecular weight is 405 g/mol. The maximum Gasteiger partial charge on any atom is 0.227 e. The first kappa shape index (κ1) is 23.2. The number of guanidine groups is 1. The number of benzene rings is 1. The fourth-order valence-electron chi connectivity index (χ4n) is 3.02. The van der Waals surface area contributed by atoms with E-state index < -0.39 is 0 Å². The van der Waals surface area contributed by atoms with Gasteiger partial charge in [-0.25, -0.2) is 4.99 Å². The Kier molecular flexibility index (Phi) is 11.1. The molecule has 1 aliphatic rings. The lowest BCUT2D eigenvalue weighted by molar-refractivity contribution is -0.117. The van der Waals surface area contributed by atoms with Gasteiger partial charge in [0, 0.05) is 38.3 Å². The van der Waals surface area contributed by atoms with Crippen molar-refractivity contribution in [1.29, 1.82) is 0 Å². The smallest absolute Gasteiger partial charge is 0.227 e. The third kappa shape index (κ3) is 8.83. The fraction of sp³-hybridized carbons (Fsp3) is 0.636. The van der Waals surface area contributed by atoms with E-state index in [1.165, 1.54) is 0 Å². The van der Waals surface area contributed by atoms with Crippen LogP contribution in [-0.4, -0.2) is 57.9 Å². The van der Waals surface area contributed by atoms with Gasteiger partial charge in [0.05, 0.1) is 26.4 Å². The van der Waals surface area contributed by atoms with E-state index in [1.807, 2.05) is 36.1 Å². The van der Waals surface area contributed by atoms with E-state index in [-0.39, 0.29) is 5.91 Å². The first-order chi connectivity index (χ1) is 14.2. The third-order valence-electron chi connectivity index (χ3n) is 4.64. The molecule has 1 saturated heterocycles. The Morgan fingerprint density at radius 1 is 1.07 bits per heavy atom. The molecule has 1 aromatic carbocycles. The number of anilines is 1. The van der Waals surface area contributed by atoms with Crippen molar-refractivity contribution in [2.24, 2.45) is 4.99 Å². The minimum atomic E-state index is 0.212. The molecule has 0 unspecified atom stereocenters. The summed E-state index contributed by atoms with van der Waals surface area (Å²) in [6, 6.07) is 8.08. The average Bonchev–Trinajstić information content (AvgIpc) is 3.17. The molecule has 0 radical (unpaired) electrons. The third-order valence-corrected chi connectivity index (χ3v) is 4.64. The molecule has 1 aliphatic heterocycles. The van der Waals surface area contributed by atoms with Gasteiger partial charge < -0.3 is 25.0 Å². The molecular weight excluding hydrogens is 368 g/mol. The summed E-state index contributed by atoms with van der Waals surface area (Å²) >= 11 is 0. The van der Waals surface area contributed by atoms with E-state index in [0.29, 0.717) is 39.3 Å². The number of hydrogen-bond donors (Lipinski definition) is 2. The van der Waals surface area contributed by atoms with Crippen LogP contribution in [0.15, 0.2) is 29.3 Å². The van der Waals surface area contributed by atoms with E-state index in [4.69, 9.17) is 9.47 Å². The summed E-state index contributed by atoms with van der Waals surface area (Å²) in [7, 11) is 0. The molecule has 1 aromatic rings. The zero-order chi connectivity index (χ0) is 20.7. The second-order valence-electron chi connectivity index (χ2n) is 7.02. The maximum absolute atomic E-state index is 11.8. The van der Waals surface area contributed by atoms with Crippen molar-refractivity contribution < 1.29 is 14.3 Å². The van der Waals surface area contributed by atoms with Gasteiger partial charge in [-0.3, -0.25) is 4.79 Å². The van der Waals surface area contributed by atoms with E-state index in [1.54, 1.807) is 0 Å². The number of unbranched alkanes of at least 4 members (excludes halogenated alkanes) is 1. The van der Waals surface area contributed by atoms with Gasteiger partial charge in [0.2, 0.25) is 5.91 Å². The molecule has 7 heteroatoms. The van der Waals surface area contributed by atoms with Crippen molar-refractivity contribution in [3.63, 3.8) is 0 Å². The van der Waals surface area contributed by atoms with E-state index in [9.17, 15) is 4.79 Å². The van der Waals surface area contributed by atoms with Gasteiger partial charge >= 0.3 is 0 Å². The zero-order valence-electron chi connectivity index (χ0n) is 17.9. The number of amides is 1. The van der Waals surface area contributed by atoms with E-state index in [2.05, 4.69) is 22.5 Å². The van der Waals surface area contributed by atoms with Gasteiger partial charge in [-0.15, -0.1) is 0 Å². The molecular formula is C22H36N4O3. The first-order valence-corrected chi connectivity index (χ1v) is 10.8. The lowest BCUT2D eigenvalue weighted by Crippen LogP contribution is -2.39. The number of nitrogens with one attached hydrogen (secondary N) is 2. The van der Waals surface area contributed by atoms with Crippen LogP contribution in [-0.2, 0) is 20.8 Å². The highest BCUT2D eigenvalue weighted by molar-refractivity contribution is 5.95. The molecule has 7 nitrogen and oxygen atoms in total. The van der Waals surface area contributed by atoms with Crippen LogP contribution in [0.3, 0.4) is 0 Å². The van der Waals surface area contributed by atoms with Crippen LogP contribution in [0.2, 0.25) is 0 Å². The Hall–Kier alpha value is -2.12. The molecule has 0 spiro atoms. The van der Waals surface area contributed by atoms with E-state index in [0.717, 1.165) is 56.2 Å². The number of nitrogens with zero attached hydrogens (tertiary/aromatic N) is 2. The molecule has 1 heterocycles. The van der Waals surface area contributed by atoms with Gasteiger partial charge in [0.15, 0.2) is 5.96 Å². The summed E-state index contributed by atoms with van der Waals surface area (Å²) in [5.74, 6) is 0.984. The summed E-state index contributed by atoms with van der Waals surface area (Å²) in [6.07, 6.45) is 3.85. The monoisotopic (exact) mass is 404 g/mol. The number of rotatable bonds is 13. The molecule has 0 bridgehead atoms. The van der Waals surface area contributed by atoms with Crippen molar-refractivity contribution in [1.82, 2.24) is 10.6 Å². The van der Waals surface area contributed by atoms with Gasteiger partial charge in [-0.1, -0.05) is 25.5 Å². The normalized spacial score (nSPS) is 14.5. The fourth-order valence-corrected chi connectivity index (χ4v) is 3.02. The molecule has 0 aromatic heterocycles. The molecule has 2 rings (SSSR count). The van der Waals surface area contributed by atoms with Crippen LogP contribution < -0.4 is 15.5 Å². The molecule has 0 atom stereocenters. The highest BCUT2D eigenvalue weighted by Crippen LogP contribution is 2.21. The van der Waals surface area contributed by atoms with Crippen molar-refractivity contribution in [2.45, 2.75) is 46.1 Å². The Labute approximate surface area is 174 Å². The minimum Gasteiger partial charge on any atom is -0.379 e. The number of aliphatic imine (C=N–C) groups is 1. The van der Waals surface area contributed by atoms with Crippen molar-refractivity contribution in [3.8, 4) is 0 Å². The zero-order valence-corrected chi connectivity index (χ0v) is 17.9. The Balaban J connectivity index is 1.69. The first-order valence-electron chi connectivity index (χ1n) is 10.8. The number of ether oxygens (including phenoxy) is 2. The number of carbonyl (C=O) groups is 1.